The van der Waals surface area contributed by atoms with Crippen molar-refractivity contribution in [3.8, 4) is 0 Å². The fraction of sp³-hybridized carbons (Fsp3) is 0.667. The number of hydrogen-bond acceptors (Lipinski definition) is 3. The molecule has 2 heterocycles. The van der Waals surface area contributed by atoms with Crippen LogP contribution in [0.3, 0.4) is 0 Å². The first-order valence-corrected chi connectivity index (χ1v) is 7.25. The highest BCUT2D eigenvalue weighted by atomic mass is 16.1. The Labute approximate surface area is 119 Å². The van der Waals surface area contributed by atoms with Crippen LogP contribution in [0.1, 0.15) is 76.4 Å². The smallest absolute Gasteiger partial charge is 0.279 e. The van der Waals surface area contributed by atoms with Crippen molar-refractivity contribution in [3.05, 3.63) is 27.4 Å². The second-order valence-corrected chi connectivity index (χ2v) is 6.31. The van der Waals surface area contributed by atoms with Gasteiger partial charge in [-0.3, -0.25) is 4.79 Å². The van der Waals surface area contributed by atoms with Gasteiger partial charge in [-0.1, -0.05) is 41.5 Å². The molecule has 2 rings (SSSR count). The summed E-state index contributed by atoms with van der Waals surface area (Å²) in [4.78, 5) is 17.3. The summed E-state index contributed by atoms with van der Waals surface area (Å²) in [6, 6.07) is 0. The van der Waals surface area contributed by atoms with Gasteiger partial charge in [0.2, 0.25) is 5.78 Å². The van der Waals surface area contributed by atoms with E-state index in [9.17, 15) is 4.79 Å². The molecule has 2 aromatic heterocycles. The molecule has 0 aliphatic heterocycles. The standard InChI is InChI=1S/C15H24N4O/c1-8(2)11-12(9(3)4)18(7)15-16-13(10(5)6)17-19(15)14(11)20/h8-10H,1-7H3. The molecule has 0 N–H and O–H groups in total. The number of aryl methyl sites for hydroxylation is 1. The zero-order valence-electron chi connectivity index (χ0n) is 13.4. The van der Waals surface area contributed by atoms with E-state index >= 15 is 0 Å². The number of nitrogens with zero attached hydrogens (tertiary/aromatic N) is 4. The van der Waals surface area contributed by atoms with Crippen LogP contribution >= 0.6 is 0 Å². The summed E-state index contributed by atoms with van der Waals surface area (Å²) in [6.07, 6.45) is 0. The van der Waals surface area contributed by atoms with Gasteiger partial charge in [0.1, 0.15) is 0 Å². The lowest BCUT2D eigenvalue weighted by Crippen LogP contribution is -2.27. The van der Waals surface area contributed by atoms with Crippen LogP contribution in [0.15, 0.2) is 4.79 Å². The van der Waals surface area contributed by atoms with Crippen LogP contribution in [0.2, 0.25) is 0 Å². The van der Waals surface area contributed by atoms with Crippen LogP contribution in [-0.2, 0) is 7.05 Å². The maximum Gasteiger partial charge on any atom is 0.279 e. The van der Waals surface area contributed by atoms with E-state index in [-0.39, 0.29) is 23.3 Å². The normalized spacial score (nSPS) is 12.3. The molecular formula is C15H24N4O. The maximum absolute atomic E-state index is 12.7. The molecule has 0 saturated carbocycles. The van der Waals surface area contributed by atoms with Crippen molar-refractivity contribution in [2.45, 2.75) is 59.3 Å². The van der Waals surface area contributed by atoms with Gasteiger partial charge in [-0.25, -0.2) is 0 Å². The Balaban J connectivity index is 2.94. The highest BCUT2D eigenvalue weighted by molar-refractivity contribution is 5.37. The van der Waals surface area contributed by atoms with Crippen LogP contribution in [-0.4, -0.2) is 19.2 Å². The first-order chi connectivity index (χ1) is 9.25. The molecule has 5 nitrogen and oxygen atoms in total. The summed E-state index contributed by atoms with van der Waals surface area (Å²) in [5.41, 5.74) is 1.87. The summed E-state index contributed by atoms with van der Waals surface area (Å²) in [5.74, 6) is 2.00. The minimum Gasteiger partial charge on any atom is -0.316 e. The predicted molar refractivity (Wildman–Crippen MR) is 80.5 cm³/mol. The number of hydrogen-bond donors (Lipinski definition) is 0. The quantitative estimate of drug-likeness (QED) is 0.866. The minimum atomic E-state index is -0.0313. The molecule has 0 spiro atoms. The molecule has 0 unspecified atom stereocenters. The van der Waals surface area contributed by atoms with Gasteiger partial charge < -0.3 is 4.57 Å². The molecule has 0 aliphatic carbocycles. The van der Waals surface area contributed by atoms with Gasteiger partial charge in [-0.05, 0) is 11.8 Å². The number of aromatic nitrogens is 4. The van der Waals surface area contributed by atoms with Crippen LogP contribution in [0.5, 0.6) is 0 Å². The number of rotatable bonds is 3. The molecule has 2 aromatic rings. The third kappa shape index (κ3) is 2.15. The largest absolute Gasteiger partial charge is 0.316 e. The first kappa shape index (κ1) is 14.8. The van der Waals surface area contributed by atoms with Crippen molar-refractivity contribution >= 4 is 5.78 Å². The van der Waals surface area contributed by atoms with E-state index in [1.807, 2.05) is 25.5 Å². The monoisotopic (exact) mass is 276 g/mol. The van der Waals surface area contributed by atoms with Crippen molar-refractivity contribution in [2.75, 3.05) is 0 Å². The summed E-state index contributed by atoms with van der Waals surface area (Å²) < 4.78 is 3.47. The topological polar surface area (TPSA) is 52.2 Å². The van der Waals surface area contributed by atoms with Crippen LogP contribution in [0.4, 0.5) is 0 Å². The van der Waals surface area contributed by atoms with Gasteiger partial charge >= 0.3 is 0 Å². The van der Waals surface area contributed by atoms with E-state index < -0.39 is 0 Å². The Kier molecular flexibility index (Phi) is 3.71. The van der Waals surface area contributed by atoms with Crippen molar-refractivity contribution in [2.24, 2.45) is 7.05 Å². The molecular weight excluding hydrogens is 252 g/mol. The van der Waals surface area contributed by atoms with Crippen LogP contribution < -0.4 is 5.56 Å². The second-order valence-electron chi connectivity index (χ2n) is 6.31. The maximum atomic E-state index is 12.7. The SMILES string of the molecule is CC(C)c1nc2n(C)c(C(C)C)c(C(C)C)c(=O)n2n1. The Hall–Kier alpha value is -1.65. The molecule has 0 saturated heterocycles. The van der Waals surface area contributed by atoms with E-state index in [0.29, 0.717) is 11.6 Å². The molecule has 0 aliphatic rings. The highest BCUT2D eigenvalue weighted by Crippen LogP contribution is 2.24. The van der Waals surface area contributed by atoms with E-state index in [1.54, 1.807) is 0 Å². The van der Waals surface area contributed by atoms with Crippen LogP contribution in [0.25, 0.3) is 5.78 Å². The minimum absolute atomic E-state index is 0.0313. The lowest BCUT2D eigenvalue weighted by molar-refractivity contribution is 0.656. The van der Waals surface area contributed by atoms with Gasteiger partial charge in [0.25, 0.3) is 5.56 Å². The Morgan fingerprint density at radius 1 is 0.950 bits per heavy atom. The van der Waals surface area contributed by atoms with Crippen molar-refractivity contribution < 1.29 is 0 Å². The molecule has 0 fully saturated rings. The molecule has 0 amide bonds. The van der Waals surface area contributed by atoms with Gasteiger partial charge in [-0.2, -0.15) is 9.50 Å². The van der Waals surface area contributed by atoms with Gasteiger partial charge in [0, 0.05) is 24.2 Å². The summed E-state index contributed by atoms with van der Waals surface area (Å²) in [7, 11) is 1.97. The van der Waals surface area contributed by atoms with Crippen molar-refractivity contribution in [1.82, 2.24) is 19.2 Å². The number of fused-ring (bicyclic) bond motifs is 1. The fourth-order valence-electron chi connectivity index (χ4n) is 2.67. The van der Waals surface area contributed by atoms with Crippen LogP contribution in [0, 0.1) is 0 Å². The molecule has 110 valence electrons. The summed E-state index contributed by atoms with van der Waals surface area (Å²) in [6.45, 7) is 12.4. The predicted octanol–water partition coefficient (Wildman–Crippen LogP) is 2.80. The summed E-state index contributed by atoms with van der Waals surface area (Å²) in [5, 5.41) is 4.39. The van der Waals surface area contributed by atoms with Crippen molar-refractivity contribution in [3.63, 3.8) is 0 Å². The van der Waals surface area contributed by atoms with Crippen molar-refractivity contribution in [1.29, 1.82) is 0 Å². The van der Waals surface area contributed by atoms with E-state index in [2.05, 4.69) is 37.8 Å². The summed E-state index contributed by atoms with van der Waals surface area (Å²) >= 11 is 0. The molecule has 0 radical (unpaired) electrons. The third-order valence-electron chi connectivity index (χ3n) is 3.61. The van der Waals surface area contributed by atoms with E-state index in [4.69, 9.17) is 0 Å². The zero-order chi connectivity index (χ0) is 15.2. The molecule has 0 bridgehead atoms. The molecule has 20 heavy (non-hydrogen) atoms. The lowest BCUT2D eigenvalue weighted by Gasteiger charge is -2.19. The van der Waals surface area contributed by atoms with Gasteiger partial charge in [0.15, 0.2) is 5.82 Å². The third-order valence-corrected chi connectivity index (χ3v) is 3.61. The Morgan fingerprint density at radius 3 is 2.00 bits per heavy atom. The highest BCUT2D eigenvalue weighted by Gasteiger charge is 2.22. The zero-order valence-corrected chi connectivity index (χ0v) is 13.4. The Morgan fingerprint density at radius 2 is 1.55 bits per heavy atom. The van der Waals surface area contributed by atoms with E-state index in [0.717, 1.165) is 11.3 Å². The molecule has 5 heteroatoms. The van der Waals surface area contributed by atoms with Gasteiger partial charge in [-0.15, -0.1) is 5.10 Å². The fourth-order valence-corrected chi connectivity index (χ4v) is 2.67. The van der Waals surface area contributed by atoms with Gasteiger partial charge in [0.05, 0.1) is 0 Å². The van der Waals surface area contributed by atoms with E-state index in [1.165, 1.54) is 4.52 Å². The molecule has 0 atom stereocenters. The second kappa shape index (κ2) is 5.04. The molecule has 0 aromatic carbocycles. The Bertz CT molecular complexity index is 692. The average molecular weight is 276 g/mol. The lowest BCUT2D eigenvalue weighted by atomic mass is 9.96. The average Bonchev–Trinajstić information content (AvgIpc) is 2.77. The first-order valence-electron chi connectivity index (χ1n) is 7.25.